The molecule has 2 aliphatic rings. The van der Waals surface area contributed by atoms with Gasteiger partial charge in [-0.1, -0.05) is 30.7 Å². The van der Waals surface area contributed by atoms with Crippen LogP contribution in [0.3, 0.4) is 0 Å². The minimum absolute atomic E-state index is 0.232. The molecule has 1 aromatic carbocycles. The van der Waals surface area contributed by atoms with E-state index in [1.165, 1.54) is 19.3 Å². The Morgan fingerprint density at radius 1 is 1.27 bits per heavy atom. The Balaban J connectivity index is 1.30. The Morgan fingerprint density at radius 2 is 2.04 bits per heavy atom. The zero-order valence-corrected chi connectivity index (χ0v) is 15.9. The van der Waals surface area contributed by atoms with Crippen molar-refractivity contribution in [1.29, 1.82) is 0 Å². The summed E-state index contributed by atoms with van der Waals surface area (Å²) < 4.78 is 11.7. The summed E-state index contributed by atoms with van der Waals surface area (Å²) in [4.78, 5) is 2.31. The molecule has 2 aromatic rings. The quantitative estimate of drug-likeness (QED) is 0.702. The zero-order chi connectivity index (χ0) is 18.1. The summed E-state index contributed by atoms with van der Waals surface area (Å²) in [5.41, 5.74) is 0. The van der Waals surface area contributed by atoms with E-state index in [9.17, 15) is 5.11 Å². The molecule has 0 amide bonds. The van der Waals surface area contributed by atoms with Crippen LogP contribution >= 0.6 is 11.6 Å². The fraction of sp³-hybridized carbons (Fsp3) is 0.524. The number of para-hydroxylation sites is 1. The van der Waals surface area contributed by atoms with Gasteiger partial charge in [0.25, 0.3) is 0 Å². The van der Waals surface area contributed by atoms with Crippen molar-refractivity contribution in [1.82, 2.24) is 4.90 Å². The molecule has 0 bridgehead atoms. The number of rotatable bonds is 9. The number of furan rings is 1. The third kappa shape index (κ3) is 4.43. The summed E-state index contributed by atoms with van der Waals surface area (Å²) in [6, 6.07) is 12.1. The molecule has 0 saturated heterocycles. The van der Waals surface area contributed by atoms with Gasteiger partial charge in [-0.15, -0.1) is 0 Å². The van der Waals surface area contributed by atoms with E-state index in [4.69, 9.17) is 20.8 Å². The van der Waals surface area contributed by atoms with Crippen LogP contribution in [-0.4, -0.2) is 35.3 Å². The molecular weight excluding hydrogens is 350 g/mol. The molecule has 2 fully saturated rings. The van der Waals surface area contributed by atoms with Crippen LogP contribution in [0.1, 0.15) is 43.6 Å². The molecule has 2 aliphatic carbocycles. The number of benzene rings is 1. The standard InChI is InChI=1S/C21H26ClNO3/c1-14-10-18(14)20-9-8-17(26-20)12-23(15-6-7-15)11-16(24)13-25-21-5-3-2-4-19(21)22/h2-5,8-9,14-16,18,24H,6-7,10-13H2,1H3. The van der Waals surface area contributed by atoms with Crippen LogP contribution in [0.25, 0.3) is 0 Å². The smallest absolute Gasteiger partial charge is 0.138 e. The molecule has 5 heteroatoms. The van der Waals surface area contributed by atoms with E-state index < -0.39 is 6.10 Å². The van der Waals surface area contributed by atoms with Gasteiger partial charge in [0.15, 0.2) is 0 Å². The van der Waals surface area contributed by atoms with Crippen molar-refractivity contribution in [2.45, 2.75) is 50.8 Å². The van der Waals surface area contributed by atoms with Crippen LogP contribution in [0.4, 0.5) is 0 Å². The largest absolute Gasteiger partial charge is 0.489 e. The molecule has 2 saturated carbocycles. The third-order valence-electron chi connectivity index (χ3n) is 5.29. The minimum Gasteiger partial charge on any atom is -0.489 e. The molecule has 4 nitrogen and oxygen atoms in total. The Labute approximate surface area is 159 Å². The summed E-state index contributed by atoms with van der Waals surface area (Å²) in [7, 11) is 0. The summed E-state index contributed by atoms with van der Waals surface area (Å²) in [5.74, 6) is 4.07. The molecule has 1 aromatic heterocycles. The molecular formula is C21H26ClNO3. The van der Waals surface area contributed by atoms with Gasteiger partial charge in [-0.3, -0.25) is 4.90 Å². The van der Waals surface area contributed by atoms with Crippen LogP contribution < -0.4 is 4.74 Å². The van der Waals surface area contributed by atoms with Crippen molar-refractivity contribution in [3.05, 3.63) is 52.9 Å². The van der Waals surface area contributed by atoms with Gasteiger partial charge in [0.05, 0.1) is 11.6 Å². The van der Waals surface area contributed by atoms with Gasteiger partial charge in [0, 0.05) is 18.5 Å². The van der Waals surface area contributed by atoms with Gasteiger partial charge in [0.1, 0.15) is 30.0 Å². The van der Waals surface area contributed by atoms with E-state index in [1.54, 1.807) is 6.07 Å². The molecule has 140 valence electrons. The molecule has 0 radical (unpaired) electrons. The van der Waals surface area contributed by atoms with Crippen molar-refractivity contribution in [2.24, 2.45) is 5.92 Å². The summed E-state index contributed by atoms with van der Waals surface area (Å²) in [6.07, 6.45) is 3.04. The van der Waals surface area contributed by atoms with Crippen molar-refractivity contribution in [2.75, 3.05) is 13.2 Å². The maximum Gasteiger partial charge on any atom is 0.138 e. The first kappa shape index (κ1) is 17.9. The predicted octanol–water partition coefficient (Wildman–Crippen LogP) is 4.46. The van der Waals surface area contributed by atoms with Crippen LogP contribution in [0, 0.1) is 5.92 Å². The summed E-state index contributed by atoms with van der Waals surface area (Å²) in [6.45, 7) is 3.81. The molecule has 0 spiro atoms. The van der Waals surface area contributed by atoms with E-state index in [0.717, 1.165) is 24.0 Å². The second kappa shape index (κ2) is 7.63. The lowest BCUT2D eigenvalue weighted by molar-refractivity contribution is 0.0601. The number of nitrogens with zero attached hydrogens (tertiary/aromatic N) is 1. The van der Waals surface area contributed by atoms with E-state index in [2.05, 4.69) is 24.0 Å². The van der Waals surface area contributed by atoms with Gasteiger partial charge in [-0.2, -0.15) is 0 Å². The SMILES string of the molecule is CC1CC1c1ccc(CN(CC(O)COc2ccccc2Cl)C2CC2)o1. The maximum absolute atomic E-state index is 10.4. The first-order valence-electron chi connectivity index (χ1n) is 9.48. The zero-order valence-electron chi connectivity index (χ0n) is 15.1. The third-order valence-corrected chi connectivity index (χ3v) is 5.60. The second-order valence-electron chi connectivity index (χ2n) is 7.68. The molecule has 1 N–H and O–H groups in total. The highest BCUT2D eigenvalue weighted by Gasteiger charge is 2.37. The van der Waals surface area contributed by atoms with Crippen molar-refractivity contribution in [3.8, 4) is 5.75 Å². The second-order valence-corrected chi connectivity index (χ2v) is 8.09. The topological polar surface area (TPSA) is 45.8 Å². The Hall–Kier alpha value is -1.49. The van der Waals surface area contributed by atoms with Crippen molar-refractivity contribution < 1.29 is 14.3 Å². The fourth-order valence-corrected chi connectivity index (χ4v) is 3.64. The Kier molecular flexibility index (Phi) is 5.25. The molecule has 3 unspecified atom stereocenters. The number of hydrogen-bond donors (Lipinski definition) is 1. The Bertz CT molecular complexity index is 742. The van der Waals surface area contributed by atoms with Gasteiger partial charge in [0.2, 0.25) is 0 Å². The molecule has 26 heavy (non-hydrogen) atoms. The highest BCUT2D eigenvalue weighted by Crippen LogP contribution is 2.47. The number of aliphatic hydroxyl groups excluding tert-OH is 1. The molecule has 0 aliphatic heterocycles. The average molecular weight is 376 g/mol. The number of aliphatic hydroxyl groups is 1. The minimum atomic E-state index is -0.565. The van der Waals surface area contributed by atoms with Crippen molar-refractivity contribution in [3.63, 3.8) is 0 Å². The lowest BCUT2D eigenvalue weighted by Gasteiger charge is -2.24. The molecule has 4 rings (SSSR count). The van der Waals surface area contributed by atoms with Crippen molar-refractivity contribution >= 4 is 11.6 Å². The van der Waals surface area contributed by atoms with Crippen LogP contribution in [0.15, 0.2) is 40.8 Å². The first-order valence-corrected chi connectivity index (χ1v) is 9.86. The lowest BCUT2D eigenvalue weighted by atomic mass is 10.2. The lowest BCUT2D eigenvalue weighted by Crippen LogP contribution is -2.36. The van der Waals surface area contributed by atoms with Gasteiger partial charge in [-0.05, 0) is 49.4 Å². The normalized spacial score (nSPS) is 23.2. The fourth-order valence-electron chi connectivity index (χ4n) is 3.45. The monoisotopic (exact) mass is 375 g/mol. The molecule has 1 heterocycles. The van der Waals surface area contributed by atoms with Gasteiger partial charge >= 0.3 is 0 Å². The van der Waals surface area contributed by atoms with Crippen LogP contribution in [0.5, 0.6) is 5.75 Å². The average Bonchev–Trinajstić information content (AvgIpc) is 3.54. The van der Waals surface area contributed by atoms with E-state index >= 15 is 0 Å². The molecule has 3 atom stereocenters. The summed E-state index contributed by atoms with van der Waals surface area (Å²) >= 11 is 6.09. The highest BCUT2D eigenvalue weighted by atomic mass is 35.5. The highest BCUT2D eigenvalue weighted by molar-refractivity contribution is 6.32. The van der Waals surface area contributed by atoms with Crippen LogP contribution in [-0.2, 0) is 6.54 Å². The van der Waals surface area contributed by atoms with Crippen LogP contribution in [0.2, 0.25) is 5.02 Å². The van der Waals surface area contributed by atoms with E-state index in [1.807, 2.05) is 18.2 Å². The number of ether oxygens (including phenoxy) is 1. The van der Waals surface area contributed by atoms with Gasteiger partial charge < -0.3 is 14.3 Å². The Morgan fingerprint density at radius 3 is 2.73 bits per heavy atom. The van der Waals surface area contributed by atoms with E-state index in [0.29, 0.717) is 29.3 Å². The summed E-state index contributed by atoms with van der Waals surface area (Å²) in [5, 5.41) is 11.0. The number of halogens is 1. The number of hydrogen-bond acceptors (Lipinski definition) is 4. The predicted molar refractivity (Wildman–Crippen MR) is 102 cm³/mol. The maximum atomic E-state index is 10.4. The van der Waals surface area contributed by atoms with Gasteiger partial charge in [-0.25, -0.2) is 0 Å². The van der Waals surface area contributed by atoms with E-state index in [-0.39, 0.29) is 6.61 Å². The first-order chi connectivity index (χ1) is 12.6.